The second-order valence-electron chi connectivity index (χ2n) is 3.70. The third-order valence-electron chi connectivity index (χ3n) is 2.32. The van der Waals surface area contributed by atoms with E-state index in [1.165, 1.54) is 0 Å². The molecule has 0 saturated heterocycles. The van der Waals surface area contributed by atoms with Crippen molar-refractivity contribution in [1.29, 1.82) is 5.26 Å². The Labute approximate surface area is 100 Å². The minimum atomic E-state index is 0.438. The second kappa shape index (κ2) is 5.13. The van der Waals surface area contributed by atoms with Crippen molar-refractivity contribution in [3.63, 3.8) is 0 Å². The molecule has 1 heterocycles. The smallest absolute Gasteiger partial charge is 0.130 e. The molecule has 1 aromatic heterocycles. The monoisotopic (exact) mass is 224 g/mol. The van der Waals surface area contributed by atoms with Crippen LogP contribution >= 0.6 is 0 Å². The van der Waals surface area contributed by atoms with Gasteiger partial charge in [-0.3, -0.25) is 4.98 Å². The van der Waals surface area contributed by atoms with Gasteiger partial charge >= 0.3 is 0 Å². The molecule has 0 atom stereocenters. The standard InChI is InChI=1S/C14H12N2O/c1-11-3-2-4-13(16-11)10-17-14-7-5-12(9-15)6-8-14/h2-8H,10H2,1H3. The fraction of sp³-hybridized carbons (Fsp3) is 0.143. The molecule has 84 valence electrons. The zero-order valence-corrected chi connectivity index (χ0v) is 9.55. The third kappa shape index (κ3) is 3.05. The highest BCUT2D eigenvalue weighted by molar-refractivity contribution is 5.34. The fourth-order valence-electron chi connectivity index (χ4n) is 1.46. The van der Waals surface area contributed by atoms with Crippen LogP contribution in [0.3, 0.4) is 0 Å². The molecule has 17 heavy (non-hydrogen) atoms. The number of aryl methyl sites for hydroxylation is 1. The molecule has 0 aliphatic rings. The van der Waals surface area contributed by atoms with Crippen LogP contribution in [0, 0.1) is 18.3 Å². The Bertz CT molecular complexity index is 541. The van der Waals surface area contributed by atoms with Crippen LogP contribution in [0.2, 0.25) is 0 Å². The van der Waals surface area contributed by atoms with E-state index in [9.17, 15) is 0 Å². The number of aromatic nitrogens is 1. The van der Waals surface area contributed by atoms with E-state index < -0.39 is 0 Å². The van der Waals surface area contributed by atoms with Crippen LogP contribution in [0.5, 0.6) is 5.75 Å². The van der Waals surface area contributed by atoms with Crippen molar-refractivity contribution >= 4 is 0 Å². The zero-order chi connectivity index (χ0) is 12.1. The van der Waals surface area contributed by atoms with Gasteiger partial charge in [0.05, 0.1) is 17.3 Å². The number of hydrogen-bond donors (Lipinski definition) is 0. The molecular weight excluding hydrogens is 212 g/mol. The number of pyridine rings is 1. The first-order valence-corrected chi connectivity index (χ1v) is 5.33. The van der Waals surface area contributed by atoms with Gasteiger partial charge in [-0.05, 0) is 43.3 Å². The molecule has 0 spiro atoms. The van der Waals surface area contributed by atoms with Gasteiger partial charge in [0.1, 0.15) is 12.4 Å². The Morgan fingerprint density at radius 3 is 2.59 bits per heavy atom. The van der Waals surface area contributed by atoms with Gasteiger partial charge in [0.15, 0.2) is 0 Å². The fourth-order valence-corrected chi connectivity index (χ4v) is 1.46. The SMILES string of the molecule is Cc1cccc(COc2ccc(C#N)cc2)n1. The molecular formula is C14H12N2O. The molecule has 0 aliphatic carbocycles. The molecule has 2 aromatic rings. The molecule has 0 radical (unpaired) electrons. The van der Waals surface area contributed by atoms with Crippen LogP contribution < -0.4 is 4.74 Å². The third-order valence-corrected chi connectivity index (χ3v) is 2.32. The van der Waals surface area contributed by atoms with E-state index in [0.717, 1.165) is 17.1 Å². The summed E-state index contributed by atoms with van der Waals surface area (Å²) in [6.07, 6.45) is 0. The second-order valence-corrected chi connectivity index (χ2v) is 3.70. The van der Waals surface area contributed by atoms with Gasteiger partial charge in [-0.25, -0.2) is 0 Å². The van der Waals surface area contributed by atoms with Crippen molar-refractivity contribution in [1.82, 2.24) is 4.98 Å². The lowest BCUT2D eigenvalue weighted by Crippen LogP contribution is -1.98. The predicted octanol–water partition coefficient (Wildman–Crippen LogP) is 2.84. The molecule has 0 fully saturated rings. The van der Waals surface area contributed by atoms with Gasteiger partial charge in [-0.15, -0.1) is 0 Å². The van der Waals surface area contributed by atoms with E-state index >= 15 is 0 Å². The number of rotatable bonds is 3. The van der Waals surface area contributed by atoms with Crippen molar-refractivity contribution < 1.29 is 4.74 Å². The number of benzene rings is 1. The van der Waals surface area contributed by atoms with Gasteiger partial charge in [0.25, 0.3) is 0 Å². The highest BCUT2D eigenvalue weighted by Crippen LogP contribution is 2.13. The summed E-state index contributed by atoms with van der Waals surface area (Å²) < 4.78 is 5.57. The first kappa shape index (κ1) is 11.2. The van der Waals surface area contributed by atoms with Crippen LogP contribution in [0.4, 0.5) is 0 Å². The number of nitriles is 1. The normalized spacial score (nSPS) is 9.65. The van der Waals surface area contributed by atoms with Crippen molar-refractivity contribution in [3.05, 3.63) is 59.4 Å². The maximum atomic E-state index is 8.67. The van der Waals surface area contributed by atoms with Gasteiger partial charge in [0.2, 0.25) is 0 Å². The summed E-state index contributed by atoms with van der Waals surface area (Å²) in [6, 6.07) is 14.9. The molecule has 3 heteroatoms. The summed E-state index contributed by atoms with van der Waals surface area (Å²) in [5.74, 6) is 0.743. The minimum Gasteiger partial charge on any atom is -0.487 e. The molecule has 0 saturated carbocycles. The van der Waals surface area contributed by atoms with Gasteiger partial charge in [-0.1, -0.05) is 6.07 Å². The van der Waals surface area contributed by atoms with E-state index in [-0.39, 0.29) is 0 Å². The summed E-state index contributed by atoms with van der Waals surface area (Å²) in [7, 11) is 0. The maximum absolute atomic E-state index is 8.67. The topological polar surface area (TPSA) is 45.9 Å². The molecule has 0 unspecified atom stereocenters. The van der Waals surface area contributed by atoms with Crippen LogP contribution in [0.1, 0.15) is 17.0 Å². The van der Waals surface area contributed by atoms with Crippen LogP contribution in [0.25, 0.3) is 0 Å². The first-order valence-electron chi connectivity index (χ1n) is 5.33. The Kier molecular flexibility index (Phi) is 3.37. The van der Waals surface area contributed by atoms with E-state index in [4.69, 9.17) is 10.00 Å². The Morgan fingerprint density at radius 2 is 1.94 bits per heavy atom. The molecule has 0 aliphatic heterocycles. The Hall–Kier alpha value is -2.34. The highest BCUT2D eigenvalue weighted by Gasteiger charge is 1.98. The Balaban J connectivity index is 2.00. The van der Waals surface area contributed by atoms with Crippen LogP contribution in [-0.2, 0) is 6.61 Å². The zero-order valence-electron chi connectivity index (χ0n) is 9.55. The Morgan fingerprint density at radius 1 is 1.18 bits per heavy atom. The summed E-state index contributed by atoms with van der Waals surface area (Å²) in [5, 5.41) is 8.67. The molecule has 0 N–H and O–H groups in total. The lowest BCUT2D eigenvalue weighted by atomic mass is 10.2. The molecule has 0 bridgehead atoms. The average molecular weight is 224 g/mol. The molecule has 0 amide bonds. The molecule has 1 aromatic carbocycles. The summed E-state index contributed by atoms with van der Waals surface area (Å²) >= 11 is 0. The average Bonchev–Trinajstić information content (AvgIpc) is 2.37. The van der Waals surface area contributed by atoms with Crippen LogP contribution in [0.15, 0.2) is 42.5 Å². The largest absolute Gasteiger partial charge is 0.487 e. The summed E-state index contributed by atoms with van der Waals surface area (Å²) in [6.45, 7) is 2.39. The first-order chi connectivity index (χ1) is 8.28. The highest BCUT2D eigenvalue weighted by atomic mass is 16.5. The minimum absolute atomic E-state index is 0.438. The van der Waals surface area contributed by atoms with Crippen molar-refractivity contribution in [2.45, 2.75) is 13.5 Å². The maximum Gasteiger partial charge on any atom is 0.130 e. The lowest BCUT2D eigenvalue weighted by Gasteiger charge is -2.05. The summed E-state index contributed by atoms with van der Waals surface area (Å²) in [5.41, 5.74) is 2.51. The number of nitrogens with zero attached hydrogens (tertiary/aromatic N) is 2. The number of hydrogen-bond acceptors (Lipinski definition) is 3. The van der Waals surface area contributed by atoms with E-state index in [1.807, 2.05) is 25.1 Å². The summed E-state index contributed by atoms with van der Waals surface area (Å²) in [4.78, 5) is 4.34. The van der Waals surface area contributed by atoms with Gasteiger partial charge in [-0.2, -0.15) is 5.26 Å². The van der Waals surface area contributed by atoms with Crippen LogP contribution in [-0.4, -0.2) is 4.98 Å². The van der Waals surface area contributed by atoms with E-state index in [1.54, 1.807) is 24.3 Å². The molecule has 3 nitrogen and oxygen atoms in total. The van der Waals surface area contributed by atoms with Gasteiger partial charge in [0, 0.05) is 5.69 Å². The number of ether oxygens (including phenoxy) is 1. The predicted molar refractivity (Wildman–Crippen MR) is 64.5 cm³/mol. The quantitative estimate of drug-likeness (QED) is 0.805. The van der Waals surface area contributed by atoms with Crippen molar-refractivity contribution in [2.75, 3.05) is 0 Å². The van der Waals surface area contributed by atoms with Gasteiger partial charge < -0.3 is 4.74 Å². The van der Waals surface area contributed by atoms with E-state index in [0.29, 0.717) is 12.2 Å². The van der Waals surface area contributed by atoms with Crippen molar-refractivity contribution in [2.24, 2.45) is 0 Å². The van der Waals surface area contributed by atoms with E-state index in [2.05, 4.69) is 11.1 Å². The van der Waals surface area contributed by atoms with Crippen molar-refractivity contribution in [3.8, 4) is 11.8 Å². The lowest BCUT2D eigenvalue weighted by molar-refractivity contribution is 0.301. The molecule has 2 rings (SSSR count).